The highest BCUT2D eigenvalue weighted by Crippen LogP contribution is 2.32. The van der Waals surface area contributed by atoms with Crippen LogP contribution in [0.2, 0.25) is 0 Å². The predicted molar refractivity (Wildman–Crippen MR) is 237 cm³/mol. The Balaban J connectivity index is 0.000000323. The molecule has 5 N–H and O–H groups in total. The molecule has 0 saturated heterocycles. The number of fused-ring (bicyclic) bond motifs is 2. The Hall–Kier alpha value is -3.20. The lowest BCUT2D eigenvalue weighted by atomic mass is 10.1. The molecule has 0 amide bonds. The third-order valence-corrected chi connectivity index (χ3v) is 11.8. The molecule has 294 valence electrons. The molecule has 2 heterocycles. The van der Waals surface area contributed by atoms with Crippen LogP contribution in [0, 0.1) is 0 Å². The summed E-state index contributed by atoms with van der Waals surface area (Å²) in [6.07, 6.45) is 6.58. The number of aromatic nitrogens is 2. The molecule has 0 radical (unpaired) electrons. The third kappa shape index (κ3) is 12.7. The molecule has 54 heavy (non-hydrogen) atoms. The first-order valence-electron chi connectivity index (χ1n) is 17.6. The maximum atomic E-state index is 13.0. The molecule has 8 nitrogen and oxygen atoms in total. The lowest BCUT2D eigenvalue weighted by Crippen LogP contribution is -2.23. The second-order valence-corrected chi connectivity index (χ2v) is 17.1. The molecule has 0 aliphatic carbocycles. The van der Waals surface area contributed by atoms with E-state index >= 15 is 0 Å². The van der Waals surface area contributed by atoms with E-state index in [1.807, 2.05) is 61.2 Å². The van der Waals surface area contributed by atoms with E-state index in [1.165, 1.54) is 0 Å². The number of aryl methyl sites for hydroxylation is 2. The molecule has 0 atom stereocenters. The van der Waals surface area contributed by atoms with Gasteiger partial charge in [0.2, 0.25) is 19.7 Å². The molecule has 6 rings (SSSR count). The van der Waals surface area contributed by atoms with Crippen LogP contribution in [-0.4, -0.2) is 56.2 Å². The van der Waals surface area contributed by atoms with Crippen molar-refractivity contribution in [3.8, 4) is 0 Å². The summed E-state index contributed by atoms with van der Waals surface area (Å²) in [4.78, 5) is 9.49. The van der Waals surface area contributed by atoms with Crippen LogP contribution >= 0.6 is 34.2 Å². The zero-order valence-electron chi connectivity index (χ0n) is 31.1. The highest BCUT2D eigenvalue weighted by molar-refractivity contribution is 14.1. The minimum Gasteiger partial charge on any atom is -0.360 e. The van der Waals surface area contributed by atoms with E-state index in [0.29, 0.717) is 37.5 Å². The Morgan fingerprint density at radius 1 is 0.648 bits per heavy atom. The average Bonchev–Trinajstić information content (AvgIpc) is 3.81. The zero-order chi connectivity index (χ0) is 39.0. The maximum absolute atomic E-state index is 13.0. The van der Waals surface area contributed by atoms with Crippen LogP contribution in [-0.2, 0) is 32.5 Å². The molecule has 6 aromatic rings. The Labute approximate surface area is 341 Å². The number of sulfone groups is 2. The van der Waals surface area contributed by atoms with Crippen molar-refractivity contribution in [1.29, 1.82) is 0 Å². The Bertz CT molecular complexity index is 2200. The Morgan fingerprint density at radius 3 is 1.41 bits per heavy atom. The quantitative estimate of drug-likeness (QED) is 0.0548. The molecule has 0 aliphatic rings. The fourth-order valence-electron chi connectivity index (χ4n) is 5.67. The van der Waals surface area contributed by atoms with E-state index < -0.39 is 19.7 Å². The number of nitrogens with two attached hydrogens (primary N) is 1. The first-order valence-corrected chi connectivity index (χ1v) is 23.2. The van der Waals surface area contributed by atoms with Crippen LogP contribution in [0.1, 0.15) is 59.1 Å². The molecular weight excluding hydrogens is 851 g/mol. The number of hydrogen-bond acceptors (Lipinski definition) is 6. The van der Waals surface area contributed by atoms with Crippen molar-refractivity contribution in [2.24, 2.45) is 5.73 Å². The van der Waals surface area contributed by atoms with Crippen molar-refractivity contribution < 1.29 is 16.8 Å². The van der Waals surface area contributed by atoms with Gasteiger partial charge in [0.05, 0.1) is 19.6 Å². The molecule has 0 aliphatic heterocycles. The molecule has 0 fully saturated rings. The number of hydrogen-bond donors (Lipinski definition) is 4. The second kappa shape index (κ2) is 23.0. The normalized spacial score (nSPS) is 11.2. The molecule has 0 bridgehead atoms. The number of alkyl halides is 2. The number of halogens is 2. The van der Waals surface area contributed by atoms with Gasteiger partial charge in [0.25, 0.3) is 0 Å². The van der Waals surface area contributed by atoms with Gasteiger partial charge in [-0.05, 0) is 90.7 Å². The summed E-state index contributed by atoms with van der Waals surface area (Å²) in [6.45, 7) is 9.05. The van der Waals surface area contributed by atoms with E-state index in [0.717, 1.165) is 65.2 Å². The molecule has 2 aromatic heterocycles. The minimum atomic E-state index is -3.54. The van der Waals surface area contributed by atoms with Gasteiger partial charge < -0.3 is 21.0 Å². The topological polar surface area (TPSA) is 138 Å². The summed E-state index contributed by atoms with van der Waals surface area (Å²) >= 11 is 7.93. The fraction of sp³-hybridized carbons (Fsp3) is 0.333. The van der Waals surface area contributed by atoms with Crippen LogP contribution in [0.4, 0.5) is 0 Å². The maximum Gasteiger partial charge on any atom is 0.208 e. The fourth-order valence-corrected chi connectivity index (χ4v) is 8.79. The first-order chi connectivity index (χ1) is 25.4. The number of aromatic amines is 2. The molecule has 0 unspecified atom stereocenters. The van der Waals surface area contributed by atoms with Crippen LogP contribution in [0.5, 0.6) is 0 Å². The van der Waals surface area contributed by atoms with Gasteiger partial charge in [0.1, 0.15) is 0 Å². The van der Waals surface area contributed by atoms with Gasteiger partial charge >= 0.3 is 0 Å². The molecular formula is C42H56ClIN4O4S2. The van der Waals surface area contributed by atoms with Crippen LogP contribution in [0.15, 0.2) is 129 Å². The second-order valence-electron chi connectivity index (χ2n) is 12.9. The largest absolute Gasteiger partial charge is 0.360 e. The monoisotopic (exact) mass is 906 g/mol. The summed E-state index contributed by atoms with van der Waals surface area (Å²) in [5, 5.41) is 4.99. The molecule has 12 heteroatoms. The van der Waals surface area contributed by atoms with Crippen molar-refractivity contribution >= 4 is 75.7 Å². The summed E-state index contributed by atoms with van der Waals surface area (Å²) in [6, 6.07) is 29.6. The van der Waals surface area contributed by atoms with E-state index in [4.69, 9.17) is 17.3 Å². The van der Waals surface area contributed by atoms with Crippen LogP contribution in [0.3, 0.4) is 0 Å². The zero-order valence-corrected chi connectivity index (χ0v) is 35.6. The summed E-state index contributed by atoms with van der Waals surface area (Å²) < 4.78 is 51.9. The number of benzene rings is 4. The smallest absolute Gasteiger partial charge is 0.208 e. The van der Waals surface area contributed by atoms with Crippen LogP contribution in [0.25, 0.3) is 21.8 Å². The summed E-state index contributed by atoms with van der Waals surface area (Å²) in [5.74, 6) is 0.557. The van der Waals surface area contributed by atoms with Gasteiger partial charge in [0.15, 0.2) is 0 Å². The van der Waals surface area contributed by atoms with Gasteiger partial charge in [0, 0.05) is 46.1 Å². The average molecular weight is 907 g/mol. The summed E-state index contributed by atoms with van der Waals surface area (Å²) in [7, 11) is -7.07. The molecule has 0 saturated carbocycles. The third-order valence-electron chi connectivity index (χ3n) is 7.95. The van der Waals surface area contributed by atoms with E-state index in [1.54, 1.807) is 67.0 Å². The lowest BCUT2D eigenvalue weighted by molar-refractivity contribution is 0.571. The predicted octanol–water partition coefficient (Wildman–Crippen LogP) is 10.1. The number of H-pyrrole nitrogens is 2. The van der Waals surface area contributed by atoms with Crippen LogP contribution < -0.4 is 11.1 Å². The molecule has 4 aromatic carbocycles. The van der Waals surface area contributed by atoms with Gasteiger partial charge in [-0.25, -0.2) is 16.8 Å². The van der Waals surface area contributed by atoms with Crippen molar-refractivity contribution in [3.05, 3.63) is 121 Å². The van der Waals surface area contributed by atoms with Gasteiger partial charge in [-0.15, -0.1) is 11.6 Å². The van der Waals surface area contributed by atoms with E-state index in [-0.39, 0.29) is 7.43 Å². The van der Waals surface area contributed by atoms with E-state index in [2.05, 4.69) is 51.7 Å². The number of rotatable bonds is 12. The highest BCUT2D eigenvalue weighted by Gasteiger charge is 2.24. The van der Waals surface area contributed by atoms with Gasteiger partial charge in [-0.1, -0.05) is 118 Å². The Kier molecular flexibility index (Phi) is 20.0. The van der Waals surface area contributed by atoms with Gasteiger partial charge in [-0.3, -0.25) is 0 Å². The van der Waals surface area contributed by atoms with Gasteiger partial charge in [-0.2, -0.15) is 0 Å². The van der Waals surface area contributed by atoms with Crippen molar-refractivity contribution in [2.75, 3.05) is 17.4 Å². The van der Waals surface area contributed by atoms with Crippen molar-refractivity contribution in [2.45, 2.75) is 92.5 Å². The van der Waals surface area contributed by atoms with Crippen molar-refractivity contribution in [1.82, 2.24) is 15.3 Å². The minimum absolute atomic E-state index is 0. The Morgan fingerprint density at radius 2 is 1.04 bits per heavy atom. The number of nitrogens with one attached hydrogen (secondary N) is 3. The molecule has 0 spiro atoms. The van der Waals surface area contributed by atoms with Crippen molar-refractivity contribution in [3.63, 3.8) is 0 Å². The lowest BCUT2D eigenvalue weighted by Gasteiger charge is -2.10. The SMILES string of the molecule is C.CC(C)N.CC(C)NCCCc1cccc2[nH]cc(S(=O)(=O)c3ccccc3)c12.CI.O=S(=O)(c1ccccc1)c1c[nH]c2cccc(CCCCl)c12. The highest BCUT2D eigenvalue weighted by atomic mass is 127. The van der Waals surface area contributed by atoms with E-state index in [9.17, 15) is 16.8 Å². The summed E-state index contributed by atoms with van der Waals surface area (Å²) in [5.41, 5.74) is 8.89. The first kappa shape index (κ1) is 47.0. The standard InChI is InChI=1S/C20H24N2O2S.C17H16ClNO2S.C3H9N.CH3I.CH4/c1-15(2)21-13-7-9-16-8-6-12-18-20(16)19(14-22-18)25(23,24)17-10-4-3-5-11-17;18-11-5-7-13-6-4-10-15-17(13)16(12-19-15)22(20,21)14-8-2-1-3-9-14;1-3(2)4;1-2;/h3-6,8,10-12,14-15,21-22H,7,9,13H2,1-2H3;1-4,6,8-10,12,19H,5,7,11H2;3H,4H2,1-2H3;1H3;1H4.